The van der Waals surface area contributed by atoms with Gasteiger partial charge in [0, 0.05) is 31.4 Å². The van der Waals surface area contributed by atoms with E-state index >= 15 is 0 Å². The Balaban J connectivity index is 2.55. The van der Waals surface area contributed by atoms with E-state index in [1.54, 1.807) is 21.5 Å². The third-order valence-corrected chi connectivity index (χ3v) is 2.44. The van der Waals surface area contributed by atoms with Crippen LogP contribution in [0, 0.1) is 0 Å². The number of nitrogens with zero attached hydrogens (tertiary/aromatic N) is 2. The maximum absolute atomic E-state index is 11.8. The minimum absolute atomic E-state index is 0.0279. The van der Waals surface area contributed by atoms with Gasteiger partial charge in [0.25, 0.3) is 0 Å². The van der Waals surface area contributed by atoms with Crippen molar-refractivity contribution < 1.29 is 9.53 Å². The number of carbonyl (C=O) groups excluding carboxylic acids is 1. The first kappa shape index (κ1) is 12.5. The second kappa shape index (κ2) is 5.53. The average molecular weight is 226 g/mol. The van der Waals surface area contributed by atoms with E-state index in [4.69, 9.17) is 0 Å². The summed E-state index contributed by atoms with van der Waals surface area (Å²) in [6.45, 7) is 4.47. The summed E-state index contributed by atoms with van der Waals surface area (Å²) >= 11 is 0. The lowest BCUT2D eigenvalue weighted by Gasteiger charge is -2.04. The highest BCUT2D eigenvalue weighted by molar-refractivity contribution is 5.68. The van der Waals surface area contributed by atoms with Crippen LogP contribution in [0.1, 0.15) is 32.7 Å². The minimum Gasteiger partial charge on any atom is -0.469 e. The van der Waals surface area contributed by atoms with E-state index in [0.29, 0.717) is 19.4 Å². The first-order chi connectivity index (χ1) is 7.56. The van der Waals surface area contributed by atoms with Gasteiger partial charge in [0.05, 0.1) is 7.11 Å². The molecule has 5 nitrogen and oxygen atoms in total. The van der Waals surface area contributed by atoms with Crippen LogP contribution in [0.15, 0.2) is 17.2 Å². The quantitative estimate of drug-likeness (QED) is 0.708. The Hall–Kier alpha value is -1.52. The van der Waals surface area contributed by atoms with Gasteiger partial charge in [-0.3, -0.25) is 13.9 Å². The van der Waals surface area contributed by atoms with Crippen molar-refractivity contribution in [2.45, 2.75) is 39.3 Å². The molecule has 0 fully saturated rings. The molecule has 0 radical (unpaired) electrons. The molecule has 1 heterocycles. The molecule has 16 heavy (non-hydrogen) atoms. The molecule has 0 unspecified atom stereocenters. The summed E-state index contributed by atoms with van der Waals surface area (Å²) < 4.78 is 7.81. The highest BCUT2D eigenvalue weighted by atomic mass is 16.5. The molecule has 0 aliphatic rings. The van der Waals surface area contributed by atoms with Gasteiger partial charge in [-0.25, -0.2) is 4.79 Å². The molecule has 1 aromatic rings. The van der Waals surface area contributed by atoms with E-state index < -0.39 is 0 Å². The van der Waals surface area contributed by atoms with Crippen LogP contribution in [0.2, 0.25) is 0 Å². The minimum atomic E-state index is -0.239. The van der Waals surface area contributed by atoms with E-state index in [1.165, 1.54) is 7.11 Å². The van der Waals surface area contributed by atoms with Crippen molar-refractivity contribution in [2.24, 2.45) is 0 Å². The number of aryl methyl sites for hydroxylation is 1. The molecule has 1 aromatic heterocycles. The van der Waals surface area contributed by atoms with Crippen LogP contribution < -0.4 is 5.69 Å². The molecule has 90 valence electrons. The Labute approximate surface area is 94.6 Å². The molecule has 0 amide bonds. The van der Waals surface area contributed by atoms with Crippen molar-refractivity contribution in [2.75, 3.05) is 7.11 Å². The first-order valence-electron chi connectivity index (χ1n) is 5.40. The number of rotatable bonds is 5. The molecule has 0 spiro atoms. The number of carbonyl (C=O) groups is 1. The Morgan fingerprint density at radius 2 is 2.12 bits per heavy atom. The van der Waals surface area contributed by atoms with E-state index in [0.717, 1.165) is 0 Å². The van der Waals surface area contributed by atoms with Crippen LogP contribution in [0.25, 0.3) is 0 Å². The molecule has 0 aliphatic heterocycles. The highest BCUT2D eigenvalue weighted by Crippen LogP contribution is 2.00. The normalized spacial score (nSPS) is 10.8. The zero-order valence-electron chi connectivity index (χ0n) is 9.97. The maximum atomic E-state index is 11.8. The van der Waals surface area contributed by atoms with Crippen LogP contribution in [0.4, 0.5) is 0 Å². The summed E-state index contributed by atoms with van der Waals surface area (Å²) in [4.78, 5) is 22.7. The van der Waals surface area contributed by atoms with Gasteiger partial charge in [0.1, 0.15) is 0 Å². The molecule has 0 saturated carbocycles. The van der Waals surface area contributed by atoms with Crippen LogP contribution in [0.3, 0.4) is 0 Å². The van der Waals surface area contributed by atoms with Crippen molar-refractivity contribution in [1.29, 1.82) is 0 Å². The van der Waals surface area contributed by atoms with E-state index in [9.17, 15) is 9.59 Å². The summed E-state index contributed by atoms with van der Waals surface area (Å²) in [5.41, 5.74) is -0.0279. The summed E-state index contributed by atoms with van der Waals surface area (Å²) in [6.07, 6.45) is 4.48. The van der Waals surface area contributed by atoms with Gasteiger partial charge in [-0.15, -0.1) is 0 Å². The second-order valence-electron chi connectivity index (χ2n) is 3.95. The number of hydrogen-bond acceptors (Lipinski definition) is 3. The molecule has 0 atom stereocenters. The lowest BCUT2D eigenvalue weighted by molar-refractivity contribution is -0.140. The molecule has 0 aromatic carbocycles. The van der Waals surface area contributed by atoms with Crippen LogP contribution in [-0.2, 0) is 16.1 Å². The lowest BCUT2D eigenvalue weighted by Crippen LogP contribution is -2.25. The first-order valence-corrected chi connectivity index (χ1v) is 5.40. The topological polar surface area (TPSA) is 53.2 Å². The Morgan fingerprint density at radius 3 is 2.62 bits per heavy atom. The lowest BCUT2D eigenvalue weighted by atomic mass is 10.3. The monoisotopic (exact) mass is 226 g/mol. The molecule has 0 N–H and O–H groups in total. The van der Waals surface area contributed by atoms with Gasteiger partial charge in [0.2, 0.25) is 0 Å². The fraction of sp³-hybridized carbons (Fsp3) is 0.636. The van der Waals surface area contributed by atoms with Gasteiger partial charge >= 0.3 is 11.7 Å². The molecule has 0 saturated heterocycles. The van der Waals surface area contributed by atoms with Gasteiger partial charge < -0.3 is 4.74 Å². The van der Waals surface area contributed by atoms with Crippen molar-refractivity contribution in [3.63, 3.8) is 0 Å². The average Bonchev–Trinajstić information content (AvgIpc) is 2.60. The Kier molecular flexibility index (Phi) is 4.34. The van der Waals surface area contributed by atoms with Gasteiger partial charge in [-0.05, 0) is 20.3 Å². The SMILES string of the molecule is COC(=O)CCCn1ccn(C(C)C)c1=O. The number of imidazole rings is 1. The maximum Gasteiger partial charge on any atom is 0.328 e. The Bertz CT molecular complexity index is 404. The molecule has 5 heteroatoms. The molecule has 0 aliphatic carbocycles. The van der Waals surface area contributed by atoms with Crippen molar-refractivity contribution >= 4 is 5.97 Å². The summed E-state index contributed by atoms with van der Waals surface area (Å²) in [7, 11) is 1.36. The summed E-state index contributed by atoms with van der Waals surface area (Å²) in [6, 6.07) is 0.161. The zero-order valence-corrected chi connectivity index (χ0v) is 9.97. The molecule has 1 rings (SSSR count). The third-order valence-electron chi connectivity index (χ3n) is 2.44. The van der Waals surface area contributed by atoms with E-state index in [1.807, 2.05) is 13.8 Å². The summed E-state index contributed by atoms with van der Waals surface area (Å²) in [5.74, 6) is -0.239. The predicted molar refractivity (Wildman–Crippen MR) is 60.3 cm³/mol. The largest absolute Gasteiger partial charge is 0.469 e. The van der Waals surface area contributed by atoms with Crippen molar-refractivity contribution in [3.8, 4) is 0 Å². The number of esters is 1. The van der Waals surface area contributed by atoms with Crippen LogP contribution in [-0.4, -0.2) is 22.2 Å². The summed E-state index contributed by atoms with van der Waals surface area (Å²) in [5, 5.41) is 0. The standard InChI is InChI=1S/C11H18N2O3/c1-9(2)13-8-7-12(11(13)15)6-4-5-10(14)16-3/h7-9H,4-6H2,1-3H3. The third kappa shape index (κ3) is 2.98. The van der Waals surface area contributed by atoms with Gasteiger partial charge in [-0.1, -0.05) is 0 Å². The fourth-order valence-corrected chi connectivity index (χ4v) is 1.49. The molecule has 0 bridgehead atoms. The van der Waals surface area contributed by atoms with Crippen LogP contribution in [0.5, 0.6) is 0 Å². The number of hydrogen-bond donors (Lipinski definition) is 0. The van der Waals surface area contributed by atoms with Gasteiger partial charge in [0.15, 0.2) is 0 Å². The zero-order chi connectivity index (χ0) is 12.1. The second-order valence-corrected chi connectivity index (χ2v) is 3.95. The highest BCUT2D eigenvalue weighted by Gasteiger charge is 2.06. The van der Waals surface area contributed by atoms with Crippen molar-refractivity contribution in [1.82, 2.24) is 9.13 Å². The number of aromatic nitrogens is 2. The Morgan fingerprint density at radius 1 is 1.44 bits per heavy atom. The fourth-order valence-electron chi connectivity index (χ4n) is 1.49. The van der Waals surface area contributed by atoms with E-state index in [2.05, 4.69) is 4.74 Å². The smallest absolute Gasteiger partial charge is 0.328 e. The molecular weight excluding hydrogens is 208 g/mol. The number of methoxy groups -OCH3 is 1. The van der Waals surface area contributed by atoms with E-state index in [-0.39, 0.29) is 17.7 Å². The molecular formula is C11H18N2O3. The van der Waals surface area contributed by atoms with Crippen molar-refractivity contribution in [3.05, 3.63) is 22.9 Å². The predicted octanol–water partition coefficient (Wildman–Crippen LogP) is 1.18. The van der Waals surface area contributed by atoms with Crippen LogP contribution >= 0.6 is 0 Å². The number of ether oxygens (including phenoxy) is 1. The van der Waals surface area contributed by atoms with Gasteiger partial charge in [-0.2, -0.15) is 0 Å².